The quantitative estimate of drug-likeness (QED) is 0.554. The number of fused-ring (bicyclic) bond motifs is 5. The lowest BCUT2D eigenvalue weighted by atomic mass is 9.98. The average Bonchev–Trinajstić information content (AvgIpc) is 3.62. The van der Waals surface area contributed by atoms with Gasteiger partial charge in [-0.1, -0.05) is 40.5 Å². The second-order valence-corrected chi connectivity index (χ2v) is 11.2. The molecule has 3 amide bonds. The maximum atomic E-state index is 13.2. The van der Waals surface area contributed by atoms with Crippen molar-refractivity contribution in [3.8, 4) is 0 Å². The topological polar surface area (TPSA) is 135 Å². The molecule has 0 aliphatic carbocycles. The molecule has 2 aromatic heterocycles. The van der Waals surface area contributed by atoms with Crippen LogP contribution in [-0.4, -0.2) is 51.8 Å². The minimum atomic E-state index is -0.743. The molecule has 0 spiro atoms. The number of carbonyl (C=O) groups is 3. The minimum absolute atomic E-state index is 0.0197. The molecule has 4 heterocycles. The van der Waals surface area contributed by atoms with Crippen molar-refractivity contribution in [1.82, 2.24) is 25.9 Å². The van der Waals surface area contributed by atoms with E-state index in [0.29, 0.717) is 15.9 Å². The highest BCUT2D eigenvalue weighted by molar-refractivity contribution is 7.10. The largest absolute Gasteiger partial charge is 0.474 e. The molecule has 6 atom stereocenters. The molecule has 2 aliphatic rings. The van der Waals surface area contributed by atoms with Crippen molar-refractivity contribution in [2.24, 2.45) is 16.8 Å². The van der Waals surface area contributed by atoms with Gasteiger partial charge in [0.25, 0.3) is 11.8 Å². The van der Waals surface area contributed by atoms with Gasteiger partial charge in [-0.2, -0.15) is 0 Å². The van der Waals surface area contributed by atoms with Gasteiger partial charge in [-0.3, -0.25) is 14.4 Å². The summed E-state index contributed by atoms with van der Waals surface area (Å²) < 4.78 is 5.98. The molecule has 10 nitrogen and oxygen atoms in total. The minimum Gasteiger partial charge on any atom is -0.474 e. The Bertz CT molecular complexity index is 1160. The number of ether oxygens (including phenoxy) is 1. The van der Waals surface area contributed by atoms with Crippen LogP contribution in [0, 0.1) is 11.8 Å². The van der Waals surface area contributed by atoms with Crippen LogP contribution in [-0.2, 0) is 16.1 Å². The lowest BCUT2D eigenvalue weighted by molar-refractivity contribution is -0.123. The molecule has 0 fully saturated rings. The number of thiazole rings is 2. The Hall–Kier alpha value is -2.86. The summed E-state index contributed by atoms with van der Waals surface area (Å²) in [6.07, 6.45) is 1.10. The van der Waals surface area contributed by atoms with Gasteiger partial charge < -0.3 is 20.7 Å². The molecule has 6 bridgehead atoms. The zero-order valence-electron chi connectivity index (χ0n) is 21.0. The van der Waals surface area contributed by atoms with E-state index >= 15 is 0 Å². The maximum Gasteiger partial charge on any atom is 0.271 e. The Labute approximate surface area is 218 Å². The average molecular weight is 533 g/mol. The summed E-state index contributed by atoms with van der Waals surface area (Å²) in [6.45, 7) is 10.1. The number of rotatable bonds is 4. The molecule has 36 heavy (non-hydrogen) atoms. The summed E-state index contributed by atoms with van der Waals surface area (Å²) in [5.41, 5.74) is 0.548. The second-order valence-electron chi connectivity index (χ2n) is 9.32. The van der Waals surface area contributed by atoms with Crippen LogP contribution in [0.1, 0.15) is 84.5 Å². The van der Waals surface area contributed by atoms with E-state index in [4.69, 9.17) is 4.74 Å². The van der Waals surface area contributed by atoms with Crippen molar-refractivity contribution in [1.29, 1.82) is 0 Å². The maximum absolute atomic E-state index is 13.2. The Morgan fingerprint density at radius 2 is 1.58 bits per heavy atom. The predicted molar refractivity (Wildman–Crippen MR) is 138 cm³/mol. The molecule has 12 heteroatoms. The van der Waals surface area contributed by atoms with E-state index in [9.17, 15) is 14.4 Å². The van der Waals surface area contributed by atoms with Gasteiger partial charge in [0, 0.05) is 10.8 Å². The van der Waals surface area contributed by atoms with Gasteiger partial charge in [0.15, 0.2) is 6.04 Å². The molecule has 3 N–H and O–H groups in total. The highest BCUT2D eigenvalue weighted by Crippen LogP contribution is 2.28. The molecule has 4 rings (SSSR count). The third kappa shape index (κ3) is 5.44. The Kier molecular flexibility index (Phi) is 8.04. The van der Waals surface area contributed by atoms with Crippen LogP contribution in [0.4, 0.5) is 0 Å². The third-order valence-electron chi connectivity index (χ3n) is 6.77. The fourth-order valence-corrected chi connectivity index (χ4v) is 5.74. The van der Waals surface area contributed by atoms with E-state index in [-0.39, 0.29) is 53.5 Å². The van der Waals surface area contributed by atoms with Crippen LogP contribution >= 0.6 is 22.7 Å². The summed E-state index contributed by atoms with van der Waals surface area (Å²) in [5.74, 6) is -0.509. The third-order valence-corrected chi connectivity index (χ3v) is 8.55. The second kappa shape index (κ2) is 11.0. The van der Waals surface area contributed by atoms with Gasteiger partial charge in [-0.05, 0) is 18.8 Å². The molecule has 0 aromatic carbocycles. The highest BCUT2D eigenvalue weighted by atomic mass is 32.1. The van der Waals surface area contributed by atoms with Crippen LogP contribution in [0.5, 0.6) is 0 Å². The first-order chi connectivity index (χ1) is 17.2. The van der Waals surface area contributed by atoms with Gasteiger partial charge in [0.1, 0.15) is 33.5 Å². The van der Waals surface area contributed by atoms with Crippen LogP contribution in [0.15, 0.2) is 15.8 Å². The lowest BCUT2D eigenvalue weighted by Crippen LogP contribution is -2.45. The molecule has 0 saturated heterocycles. The van der Waals surface area contributed by atoms with Gasteiger partial charge in [-0.25, -0.2) is 15.0 Å². The van der Waals surface area contributed by atoms with Gasteiger partial charge in [0.2, 0.25) is 11.8 Å². The SMILES string of the molecule is CC[C@H](C)[C@@H]1NC(=O)c2csc(n2)[C@@H]([C@@H](C)CC)NC(=O)c2csc(n2)CNC(=O)[C@@H]2N=C1O[C@@H]2C. The summed E-state index contributed by atoms with van der Waals surface area (Å²) in [5, 5.41) is 13.6. The predicted octanol–water partition coefficient (Wildman–Crippen LogP) is 3.08. The molecular formula is C24H32N6O4S2. The monoisotopic (exact) mass is 532 g/mol. The number of nitrogens with one attached hydrogen (secondary N) is 3. The van der Waals surface area contributed by atoms with Crippen LogP contribution in [0.3, 0.4) is 0 Å². The first kappa shape index (κ1) is 26.2. The molecule has 2 aromatic rings. The zero-order valence-corrected chi connectivity index (χ0v) is 22.7. The Balaban J connectivity index is 1.72. The Morgan fingerprint density at radius 1 is 0.972 bits per heavy atom. The number of aromatic nitrogens is 2. The zero-order chi connectivity index (χ0) is 26.0. The van der Waals surface area contributed by atoms with Crippen molar-refractivity contribution >= 4 is 46.3 Å². The van der Waals surface area contributed by atoms with Crippen LogP contribution in [0.25, 0.3) is 0 Å². The van der Waals surface area contributed by atoms with Gasteiger partial charge in [-0.15, -0.1) is 22.7 Å². The van der Waals surface area contributed by atoms with Crippen LogP contribution in [0.2, 0.25) is 0 Å². The Morgan fingerprint density at radius 3 is 2.28 bits per heavy atom. The number of hydrogen-bond acceptors (Lipinski definition) is 9. The number of hydrogen-bond donors (Lipinski definition) is 3. The summed E-state index contributed by atoms with van der Waals surface area (Å²) >= 11 is 2.65. The van der Waals surface area contributed by atoms with E-state index in [1.807, 2.05) is 27.7 Å². The number of amides is 3. The van der Waals surface area contributed by atoms with Crippen molar-refractivity contribution in [2.45, 2.75) is 78.2 Å². The smallest absolute Gasteiger partial charge is 0.271 e. The number of carbonyl (C=O) groups excluding carboxylic acids is 3. The molecular weight excluding hydrogens is 500 g/mol. The van der Waals surface area contributed by atoms with Crippen molar-refractivity contribution < 1.29 is 19.1 Å². The van der Waals surface area contributed by atoms with E-state index < -0.39 is 18.2 Å². The molecule has 2 aliphatic heterocycles. The van der Waals surface area contributed by atoms with Gasteiger partial charge in [0.05, 0.1) is 12.6 Å². The summed E-state index contributed by atoms with van der Waals surface area (Å²) in [4.78, 5) is 52.7. The van der Waals surface area contributed by atoms with Gasteiger partial charge >= 0.3 is 0 Å². The molecule has 194 valence electrons. The standard InChI is InChI=1S/C24H32N6O4S2/c1-6-11(3)17-23-30-19(13(5)34-23)22(33)25-8-16-26-14(9-35-16)20(31)29-18(12(4)7-2)24-27-15(10-36-24)21(32)28-17/h9-13,17-19H,6-8H2,1-5H3,(H,25,33)(H,28,32)(H,29,31)/t11-,12-,13+,17-,18+,19+/m0/s1. The molecule has 0 saturated carbocycles. The van der Waals surface area contributed by atoms with E-state index in [2.05, 4.69) is 30.9 Å². The number of aliphatic imine (C=N–C) groups is 1. The fraction of sp³-hybridized carbons (Fsp3) is 0.583. The van der Waals surface area contributed by atoms with E-state index in [1.165, 1.54) is 22.7 Å². The summed E-state index contributed by atoms with van der Waals surface area (Å²) in [6, 6.07) is -1.61. The lowest BCUT2D eigenvalue weighted by Gasteiger charge is -2.24. The normalized spacial score (nSPS) is 26.5. The highest BCUT2D eigenvalue weighted by Gasteiger charge is 2.38. The first-order valence-corrected chi connectivity index (χ1v) is 14.0. The fourth-order valence-electron chi connectivity index (χ4n) is 4.05. The molecule has 0 unspecified atom stereocenters. The van der Waals surface area contributed by atoms with Crippen molar-refractivity contribution in [2.75, 3.05) is 0 Å². The van der Waals surface area contributed by atoms with E-state index in [1.54, 1.807) is 17.7 Å². The van der Waals surface area contributed by atoms with Crippen molar-refractivity contribution in [3.05, 3.63) is 32.2 Å². The van der Waals surface area contributed by atoms with E-state index in [0.717, 1.165) is 12.8 Å². The van der Waals surface area contributed by atoms with Crippen LogP contribution < -0.4 is 16.0 Å². The number of nitrogens with zero attached hydrogens (tertiary/aromatic N) is 3. The summed E-state index contributed by atoms with van der Waals surface area (Å²) in [7, 11) is 0. The first-order valence-electron chi connectivity index (χ1n) is 12.2. The van der Waals surface area contributed by atoms with Crippen molar-refractivity contribution in [3.63, 3.8) is 0 Å². The molecule has 0 radical (unpaired) electrons.